The number of hydrogen-bond donors (Lipinski definition) is 0. The first-order valence-corrected chi connectivity index (χ1v) is 12.3. The minimum Gasteiger partial charge on any atom is -0.486 e. The van der Waals surface area contributed by atoms with E-state index < -0.39 is 0 Å². The van der Waals surface area contributed by atoms with Gasteiger partial charge < -0.3 is 4.74 Å². The van der Waals surface area contributed by atoms with Gasteiger partial charge in [-0.05, 0) is 60.5 Å². The average Bonchev–Trinajstić information content (AvgIpc) is 2.82. The van der Waals surface area contributed by atoms with Crippen molar-refractivity contribution in [2.75, 3.05) is 0 Å². The molecule has 0 bridgehead atoms. The molecule has 0 radical (unpaired) electrons. The number of pyridine rings is 3. The van der Waals surface area contributed by atoms with Crippen LogP contribution in [0.3, 0.4) is 0 Å². The highest BCUT2D eigenvalue weighted by atomic mass is 79.9. The van der Waals surface area contributed by atoms with Gasteiger partial charge in [0.2, 0.25) is 0 Å². The molecular formula is C26H25BrClN5O2. The Morgan fingerprint density at radius 2 is 1.86 bits per heavy atom. The normalized spacial score (nSPS) is 11.2. The second-order valence-electron chi connectivity index (χ2n) is 8.60. The van der Waals surface area contributed by atoms with Crippen LogP contribution in [0.2, 0.25) is 5.02 Å². The number of rotatable bonds is 6. The molecule has 0 saturated heterocycles. The summed E-state index contributed by atoms with van der Waals surface area (Å²) in [6.07, 6.45) is 3.33. The lowest BCUT2D eigenvalue weighted by Gasteiger charge is -2.16. The summed E-state index contributed by atoms with van der Waals surface area (Å²) in [7, 11) is 0. The summed E-state index contributed by atoms with van der Waals surface area (Å²) in [5.41, 5.74) is 4.76. The van der Waals surface area contributed by atoms with E-state index >= 15 is 0 Å². The molecule has 0 aliphatic carbocycles. The van der Waals surface area contributed by atoms with E-state index in [4.69, 9.17) is 21.3 Å². The van der Waals surface area contributed by atoms with Crippen molar-refractivity contribution in [2.24, 2.45) is 0 Å². The lowest BCUT2D eigenvalue weighted by Crippen LogP contribution is -2.22. The third-order valence-corrected chi connectivity index (χ3v) is 6.47. The molecule has 4 aromatic heterocycles. The predicted molar refractivity (Wildman–Crippen MR) is 140 cm³/mol. The highest BCUT2D eigenvalue weighted by molar-refractivity contribution is 9.10. The van der Waals surface area contributed by atoms with Crippen LogP contribution in [0.4, 0.5) is 0 Å². The first kappa shape index (κ1) is 25.0. The van der Waals surface area contributed by atoms with Gasteiger partial charge >= 0.3 is 0 Å². The number of halogens is 2. The zero-order valence-corrected chi connectivity index (χ0v) is 22.5. The molecule has 0 aliphatic heterocycles. The van der Waals surface area contributed by atoms with Crippen molar-refractivity contribution in [3.63, 3.8) is 0 Å². The van der Waals surface area contributed by atoms with Crippen LogP contribution in [0.5, 0.6) is 5.75 Å². The zero-order chi connectivity index (χ0) is 25.3. The van der Waals surface area contributed by atoms with Crippen molar-refractivity contribution in [3.8, 4) is 22.8 Å². The monoisotopic (exact) mass is 553 g/mol. The molecule has 0 spiro atoms. The van der Waals surface area contributed by atoms with Crippen LogP contribution >= 0.6 is 27.5 Å². The molecular weight excluding hydrogens is 530 g/mol. The molecule has 35 heavy (non-hydrogen) atoms. The fourth-order valence-corrected chi connectivity index (χ4v) is 4.23. The Hall–Kier alpha value is -3.10. The summed E-state index contributed by atoms with van der Waals surface area (Å²) in [5.74, 6) is 1.33. The maximum absolute atomic E-state index is 13.4. The van der Waals surface area contributed by atoms with Gasteiger partial charge in [0.05, 0.1) is 27.8 Å². The average molecular weight is 555 g/mol. The SMILES string of the molecule is Cc1cccc(COc2cc(C)n(-c3cc(-c4nc(C(C)C)ncc4C)ncc3Cl)c(=O)c2Br)n1. The smallest absolute Gasteiger partial charge is 0.273 e. The molecule has 180 valence electrons. The molecule has 4 aromatic rings. The van der Waals surface area contributed by atoms with E-state index in [9.17, 15) is 4.79 Å². The maximum atomic E-state index is 13.4. The number of aryl methyl sites for hydroxylation is 3. The van der Waals surface area contributed by atoms with Crippen molar-refractivity contribution >= 4 is 27.5 Å². The van der Waals surface area contributed by atoms with Gasteiger partial charge in [-0.15, -0.1) is 0 Å². The van der Waals surface area contributed by atoms with Gasteiger partial charge in [-0.1, -0.05) is 31.5 Å². The number of nitrogens with zero attached hydrogens (tertiary/aromatic N) is 5. The minimum atomic E-state index is -0.293. The Labute approximate surface area is 217 Å². The molecule has 0 saturated carbocycles. The Morgan fingerprint density at radius 1 is 1.09 bits per heavy atom. The lowest BCUT2D eigenvalue weighted by molar-refractivity contribution is 0.298. The minimum absolute atomic E-state index is 0.171. The Bertz CT molecular complexity index is 1470. The summed E-state index contributed by atoms with van der Waals surface area (Å²) in [6, 6.07) is 9.30. The Balaban J connectivity index is 1.75. The summed E-state index contributed by atoms with van der Waals surface area (Å²) >= 11 is 9.94. The van der Waals surface area contributed by atoms with E-state index in [1.807, 2.05) is 52.8 Å². The van der Waals surface area contributed by atoms with Gasteiger partial charge in [-0.25, -0.2) is 9.97 Å². The van der Waals surface area contributed by atoms with Crippen LogP contribution in [0.15, 0.2) is 52.0 Å². The van der Waals surface area contributed by atoms with E-state index in [2.05, 4.69) is 30.9 Å². The van der Waals surface area contributed by atoms with Gasteiger partial charge in [-0.3, -0.25) is 19.3 Å². The molecule has 0 N–H and O–H groups in total. The van der Waals surface area contributed by atoms with Crippen LogP contribution in [0.1, 0.15) is 48.2 Å². The molecule has 0 unspecified atom stereocenters. The second kappa shape index (κ2) is 10.3. The van der Waals surface area contributed by atoms with Gasteiger partial charge in [-0.2, -0.15) is 0 Å². The quantitative estimate of drug-likeness (QED) is 0.285. The second-order valence-corrected chi connectivity index (χ2v) is 9.80. The molecule has 7 nitrogen and oxygen atoms in total. The lowest BCUT2D eigenvalue weighted by atomic mass is 10.1. The molecule has 4 heterocycles. The fourth-order valence-electron chi connectivity index (χ4n) is 3.64. The number of aromatic nitrogens is 5. The van der Waals surface area contributed by atoms with Crippen molar-refractivity contribution in [1.82, 2.24) is 24.5 Å². The van der Waals surface area contributed by atoms with Gasteiger partial charge in [0, 0.05) is 35.8 Å². The topological polar surface area (TPSA) is 82.8 Å². The van der Waals surface area contributed by atoms with E-state index in [1.165, 1.54) is 10.8 Å². The van der Waals surface area contributed by atoms with Crippen LogP contribution in [-0.4, -0.2) is 24.5 Å². The first-order chi connectivity index (χ1) is 16.7. The Morgan fingerprint density at radius 3 is 2.57 bits per heavy atom. The molecule has 0 fully saturated rings. The fraction of sp³-hybridized carbons (Fsp3) is 0.269. The first-order valence-electron chi connectivity index (χ1n) is 11.1. The van der Waals surface area contributed by atoms with Crippen LogP contribution in [0, 0.1) is 20.8 Å². The van der Waals surface area contributed by atoms with Crippen molar-refractivity contribution in [3.05, 3.63) is 91.0 Å². The number of ether oxygens (including phenoxy) is 1. The van der Waals surface area contributed by atoms with Gasteiger partial charge in [0.15, 0.2) is 0 Å². The van der Waals surface area contributed by atoms with Crippen molar-refractivity contribution in [1.29, 1.82) is 0 Å². The third kappa shape index (κ3) is 5.28. The van der Waals surface area contributed by atoms with Crippen LogP contribution in [0.25, 0.3) is 17.1 Å². The maximum Gasteiger partial charge on any atom is 0.273 e. The Kier molecular flexibility index (Phi) is 7.33. The molecule has 0 aromatic carbocycles. The van der Waals surface area contributed by atoms with Gasteiger partial charge in [0.25, 0.3) is 5.56 Å². The molecule has 9 heteroatoms. The summed E-state index contributed by atoms with van der Waals surface area (Å²) < 4.78 is 7.75. The van der Waals surface area contributed by atoms with Crippen LogP contribution in [-0.2, 0) is 6.61 Å². The highest BCUT2D eigenvalue weighted by Gasteiger charge is 2.18. The predicted octanol–water partition coefficient (Wildman–Crippen LogP) is 6.13. The summed E-state index contributed by atoms with van der Waals surface area (Å²) in [6.45, 7) is 9.99. The molecule has 0 aliphatic rings. The van der Waals surface area contributed by atoms with E-state index in [0.717, 1.165) is 22.8 Å². The van der Waals surface area contributed by atoms with E-state index in [1.54, 1.807) is 18.3 Å². The van der Waals surface area contributed by atoms with Gasteiger partial charge in [0.1, 0.15) is 22.7 Å². The molecule has 0 atom stereocenters. The van der Waals surface area contributed by atoms with Crippen molar-refractivity contribution < 1.29 is 4.74 Å². The number of hydrogen-bond acceptors (Lipinski definition) is 6. The zero-order valence-electron chi connectivity index (χ0n) is 20.1. The van der Waals surface area contributed by atoms with Crippen LogP contribution < -0.4 is 10.3 Å². The summed E-state index contributed by atoms with van der Waals surface area (Å²) in [5, 5.41) is 0.347. The largest absolute Gasteiger partial charge is 0.486 e. The summed E-state index contributed by atoms with van der Waals surface area (Å²) in [4.78, 5) is 31.4. The third-order valence-electron chi connectivity index (χ3n) is 5.45. The van der Waals surface area contributed by atoms with E-state index in [-0.39, 0.29) is 18.1 Å². The standard InChI is InChI=1S/C26H25BrClN5O2/c1-14(2)25-30-11-15(3)24(32-25)20-10-21(19(28)12-29-20)33-17(5)9-22(23(27)26(33)34)35-13-18-8-6-7-16(4)31-18/h6-12,14H,13H2,1-5H3. The van der Waals surface area contributed by atoms with E-state index in [0.29, 0.717) is 38.0 Å². The molecule has 4 rings (SSSR count). The highest BCUT2D eigenvalue weighted by Crippen LogP contribution is 2.30. The van der Waals surface area contributed by atoms with Crippen molar-refractivity contribution in [2.45, 2.75) is 47.1 Å². The molecule has 0 amide bonds.